The molecular formula is C57H50N4O. The molecular weight excluding hydrogens is 757 g/mol. The van der Waals surface area contributed by atoms with Gasteiger partial charge in [0.25, 0.3) is 6.33 Å². The summed E-state index contributed by atoms with van der Waals surface area (Å²) in [6.45, 7) is 15.4. The first kappa shape index (κ1) is 33.5. The van der Waals surface area contributed by atoms with Gasteiger partial charge >= 0.3 is 0 Å². The van der Waals surface area contributed by atoms with Crippen LogP contribution in [0.25, 0.3) is 72.3 Å². The smallest absolute Gasteiger partial charge is 0.269 e. The number of fused-ring (bicyclic) bond motifs is 4. The van der Waals surface area contributed by atoms with Crippen LogP contribution in [0.1, 0.15) is 65.1 Å². The molecule has 0 amide bonds. The molecule has 0 radical (unpaired) electrons. The fraction of sp³-hybridized carbons (Fsp3) is 0.158. The molecule has 304 valence electrons. The lowest BCUT2D eigenvalue weighted by Gasteiger charge is -2.26. The second kappa shape index (κ2) is 15.0. The molecule has 7 aromatic carbocycles. The van der Waals surface area contributed by atoms with Crippen molar-refractivity contribution in [1.82, 2.24) is 14.1 Å². The fourth-order valence-corrected chi connectivity index (χ4v) is 8.30. The van der Waals surface area contributed by atoms with Crippen molar-refractivity contribution in [1.29, 1.82) is 0 Å². The molecule has 5 nitrogen and oxygen atoms in total. The molecule has 0 spiro atoms. The maximum absolute atomic E-state index is 8.65. The van der Waals surface area contributed by atoms with E-state index in [1.165, 1.54) is 11.1 Å². The van der Waals surface area contributed by atoms with E-state index in [2.05, 4.69) is 147 Å². The van der Waals surface area contributed by atoms with Gasteiger partial charge in [-0.25, -0.2) is 4.98 Å². The molecule has 0 saturated carbocycles. The van der Waals surface area contributed by atoms with Crippen molar-refractivity contribution in [2.75, 3.05) is 0 Å². The SMILES string of the molecule is [2H]c1c([2H])c([2H])c(-c2cnc(-n3c4ccc(-c5ccccc5)cc4c4ccc(Oc5cccc(-n6[c-][n+](-c7cc(C(C)(C)C)cc(C(C)(C)C)c7)c7ccccc76)c5)cc43)cc2C)c([2H])c1[2H]. The van der Waals surface area contributed by atoms with E-state index in [9.17, 15) is 0 Å². The van der Waals surface area contributed by atoms with Crippen molar-refractivity contribution in [3.8, 4) is 50.9 Å². The molecule has 3 aromatic heterocycles. The van der Waals surface area contributed by atoms with E-state index in [-0.39, 0.29) is 40.6 Å². The van der Waals surface area contributed by atoms with Crippen LogP contribution in [0.4, 0.5) is 0 Å². The van der Waals surface area contributed by atoms with Crippen molar-refractivity contribution < 1.29 is 16.2 Å². The van der Waals surface area contributed by atoms with E-state index in [0.29, 0.717) is 22.9 Å². The van der Waals surface area contributed by atoms with Crippen LogP contribution in [0, 0.1) is 13.3 Å². The summed E-state index contributed by atoms with van der Waals surface area (Å²) in [5, 5.41) is 2.04. The molecule has 0 aliphatic carbocycles. The third-order valence-electron chi connectivity index (χ3n) is 11.7. The highest BCUT2D eigenvalue weighted by Gasteiger charge is 2.23. The maximum Gasteiger partial charge on any atom is 0.269 e. The van der Waals surface area contributed by atoms with Crippen molar-refractivity contribution in [3.63, 3.8) is 0 Å². The van der Waals surface area contributed by atoms with Crippen LogP contribution in [-0.2, 0) is 10.8 Å². The van der Waals surface area contributed by atoms with Gasteiger partial charge in [0, 0.05) is 28.6 Å². The minimum Gasteiger partial charge on any atom is -0.458 e. The molecule has 62 heavy (non-hydrogen) atoms. The van der Waals surface area contributed by atoms with Gasteiger partial charge in [0.05, 0.1) is 40.3 Å². The summed E-state index contributed by atoms with van der Waals surface area (Å²) >= 11 is 0. The number of nitrogens with zero attached hydrogens (tertiary/aromatic N) is 4. The summed E-state index contributed by atoms with van der Waals surface area (Å²) in [4.78, 5) is 4.92. The molecule has 0 aliphatic heterocycles. The number of para-hydroxylation sites is 2. The first-order valence-corrected chi connectivity index (χ1v) is 21.0. The van der Waals surface area contributed by atoms with E-state index in [1.807, 2.05) is 61.5 Å². The van der Waals surface area contributed by atoms with Gasteiger partial charge in [-0.3, -0.25) is 13.7 Å². The zero-order valence-electron chi connectivity index (χ0n) is 41.1. The summed E-state index contributed by atoms with van der Waals surface area (Å²) in [6, 6.07) is 46.4. The van der Waals surface area contributed by atoms with E-state index in [0.717, 1.165) is 60.9 Å². The lowest BCUT2D eigenvalue weighted by atomic mass is 9.80. The van der Waals surface area contributed by atoms with Crippen molar-refractivity contribution in [2.24, 2.45) is 0 Å². The molecule has 10 rings (SSSR count). The zero-order chi connectivity index (χ0) is 47.1. The monoisotopic (exact) mass is 811 g/mol. The quantitative estimate of drug-likeness (QED) is 0.119. The summed E-state index contributed by atoms with van der Waals surface area (Å²) in [5.74, 6) is 1.91. The Hall–Kier alpha value is -7.24. The topological polar surface area (TPSA) is 35.9 Å². The fourth-order valence-electron chi connectivity index (χ4n) is 8.30. The number of benzene rings is 7. The summed E-state index contributed by atoms with van der Waals surface area (Å²) in [6.07, 6.45) is 5.31. The van der Waals surface area contributed by atoms with Crippen molar-refractivity contribution in [3.05, 3.63) is 199 Å². The Morgan fingerprint density at radius 2 is 1.32 bits per heavy atom. The van der Waals surface area contributed by atoms with Gasteiger partial charge in [-0.2, -0.15) is 0 Å². The van der Waals surface area contributed by atoms with Gasteiger partial charge in [-0.1, -0.05) is 145 Å². The Labute approximate surface area is 371 Å². The van der Waals surface area contributed by atoms with Crippen LogP contribution in [0.3, 0.4) is 0 Å². The van der Waals surface area contributed by atoms with E-state index in [4.69, 9.17) is 16.6 Å². The Kier molecular flexibility index (Phi) is 8.12. The molecule has 0 N–H and O–H groups in total. The molecule has 0 bridgehead atoms. The molecule has 10 aromatic rings. The lowest BCUT2D eigenvalue weighted by Crippen LogP contribution is -2.31. The Bertz CT molecular complexity index is 3540. The van der Waals surface area contributed by atoms with Crippen LogP contribution in [0.15, 0.2) is 176 Å². The van der Waals surface area contributed by atoms with Gasteiger partial charge in [0.2, 0.25) is 0 Å². The first-order chi connectivity index (χ1) is 32.0. The van der Waals surface area contributed by atoms with Crippen LogP contribution in [0.5, 0.6) is 11.5 Å². The number of hydrogen-bond donors (Lipinski definition) is 0. The van der Waals surface area contributed by atoms with Crippen LogP contribution >= 0.6 is 0 Å². The lowest BCUT2D eigenvalue weighted by molar-refractivity contribution is -0.572. The normalized spacial score (nSPS) is 13.2. The third-order valence-corrected chi connectivity index (χ3v) is 11.7. The highest BCUT2D eigenvalue weighted by molar-refractivity contribution is 6.10. The van der Waals surface area contributed by atoms with Gasteiger partial charge in [-0.05, 0) is 112 Å². The van der Waals surface area contributed by atoms with Gasteiger partial charge in [0.1, 0.15) is 17.3 Å². The minimum absolute atomic E-state index is 0.0411. The van der Waals surface area contributed by atoms with Crippen LogP contribution in [-0.4, -0.2) is 14.1 Å². The minimum atomic E-state index is -0.428. The Morgan fingerprint density at radius 3 is 2.06 bits per heavy atom. The largest absolute Gasteiger partial charge is 0.458 e. The Balaban J connectivity index is 1.08. The number of rotatable bonds is 7. The number of hydrogen-bond acceptors (Lipinski definition) is 2. The van der Waals surface area contributed by atoms with E-state index < -0.39 is 6.04 Å². The molecule has 0 fully saturated rings. The van der Waals surface area contributed by atoms with Gasteiger partial charge < -0.3 is 4.74 Å². The second-order valence-electron chi connectivity index (χ2n) is 18.1. The summed E-state index contributed by atoms with van der Waals surface area (Å²) < 4.78 is 55.1. The predicted molar refractivity (Wildman–Crippen MR) is 255 cm³/mol. The zero-order valence-corrected chi connectivity index (χ0v) is 36.1. The van der Waals surface area contributed by atoms with Crippen molar-refractivity contribution in [2.45, 2.75) is 59.3 Å². The average molecular weight is 812 g/mol. The number of aryl methyl sites for hydroxylation is 1. The number of pyridine rings is 1. The molecule has 0 atom stereocenters. The standard InChI is InChI=1S/C57H50N4O/c1-38-29-55(58-36-50(38)40-19-12-9-13-20-40)61-51-28-25-41(39-17-10-8-11-18-39)30-49(51)48-27-26-47(35-54(48)61)62-46-22-16-21-44(34-46)59-37-60(53-24-15-14-23-52(53)59)45-32-42(56(2,3)4)31-43(33-45)57(5,6)7/h8-36H,1-7H3/i9D,12D,13D,19D,20D. The predicted octanol–water partition coefficient (Wildman–Crippen LogP) is 14.2. The molecule has 0 unspecified atom stereocenters. The number of aromatic nitrogens is 4. The molecule has 0 saturated heterocycles. The van der Waals surface area contributed by atoms with E-state index in [1.54, 1.807) is 6.20 Å². The number of imidazole rings is 1. The van der Waals surface area contributed by atoms with E-state index >= 15 is 0 Å². The highest BCUT2D eigenvalue weighted by atomic mass is 16.5. The maximum atomic E-state index is 8.65. The van der Waals surface area contributed by atoms with Crippen molar-refractivity contribution >= 4 is 32.8 Å². The molecule has 3 heterocycles. The first-order valence-electron chi connectivity index (χ1n) is 23.5. The Morgan fingerprint density at radius 1 is 0.597 bits per heavy atom. The van der Waals surface area contributed by atoms with Crippen LogP contribution < -0.4 is 9.30 Å². The number of ether oxygens (including phenoxy) is 1. The molecule has 5 heteroatoms. The second-order valence-corrected chi connectivity index (χ2v) is 18.1. The summed E-state index contributed by atoms with van der Waals surface area (Å²) in [7, 11) is 0. The van der Waals surface area contributed by atoms with Crippen LogP contribution in [0.2, 0.25) is 0 Å². The van der Waals surface area contributed by atoms with Gasteiger partial charge in [0.15, 0.2) is 0 Å². The summed E-state index contributed by atoms with van der Waals surface area (Å²) in [5.41, 5.74) is 11.8. The van der Waals surface area contributed by atoms with Gasteiger partial charge in [-0.15, -0.1) is 0 Å². The highest BCUT2D eigenvalue weighted by Crippen LogP contribution is 2.38. The third kappa shape index (κ3) is 7.13. The molecule has 0 aliphatic rings. The average Bonchev–Trinajstić information content (AvgIpc) is 3.86.